The Morgan fingerprint density at radius 3 is 2.50 bits per heavy atom. The molecule has 0 heteroatoms. The highest BCUT2D eigenvalue weighted by Gasteiger charge is 2.28. The van der Waals surface area contributed by atoms with Gasteiger partial charge in [0.2, 0.25) is 0 Å². The molecule has 0 aromatic rings. The predicted octanol–water partition coefficient (Wildman–Crippen LogP) is 3.39. The summed E-state index contributed by atoms with van der Waals surface area (Å²) in [5.74, 6) is 0.753. The van der Waals surface area contributed by atoms with Crippen molar-refractivity contribution in [1.82, 2.24) is 0 Å². The van der Waals surface area contributed by atoms with Crippen LogP contribution < -0.4 is 0 Å². The Morgan fingerprint density at radius 2 is 2.10 bits per heavy atom. The van der Waals surface area contributed by atoms with E-state index >= 15 is 0 Å². The molecule has 0 saturated heterocycles. The summed E-state index contributed by atoms with van der Waals surface area (Å²) in [5.41, 5.74) is 1.87. The predicted molar refractivity (Wildman–Crippen MR) is 45.9 cm³/mol. The molecular weight excluding hydrogens is 120 g/mol. The first-order valence-corrected chi connectivity index (χ1v) is 4.23. The number of hydrogen-bond acceptors (Lipinski definition) is 0. The van der Waals surface area contributed by atoms with Crippen LogP contribution in [0.3, 0.4) is 0 Å². The van der Waals surface area contributed by atoms with Crippen LogP contribution in [0.15, 0.2) is 12.2 Å². The van der Waals surface area contributed by atoms with E-state index in [4.69, 9.17) is 0 Å². The maximum atomic E-state index is 4.15. The summed E-state index contributed by atoms with van der Waals surface area (Å²) in [5, 5.41) is 0. The summed E-state index contributed by atoms with van der Waals surface area (Å²) in [4.78, 5) is 0. The van der Waals surface area contributed by atoms with Gasteiger partial charge in [0, 0.05) is 0 Å². The Morgan fingerprint density at radius 1 is 1.50 bits per heavy atom. The highest BCUT2D eigenvalue weighted by molar-refractivity contribution is 5.12. The summed E-state index contributed by atoms with van der Waals surface area (Å²) in [6, 6.07) is 0. The monoisotopic (exact) mass is 138 g/mol. The molecule has 1 saturated carbocycles. The van der Waals surface area contributed by atoms with Crippen LogP contribution in [-0.4, -0.2) is 0 Å². The summed E-state index contributed by atoms with van der Waals surface area (Å²) in [7, 11) is 0. The molecule has 1 unspecified atom stereocenters. The largest absolute Gasteiger partial charge is 0.0991 e. The SMILES string of the molecule is C=C1C(C)CCCC1(C)C. The van der Waals surface area contributed by atoms with E-state index in [1.165, 1.54) is 24.8 Å². The van der Waals surface area contributed by atoms with Crippen molar-refractivity contribution in [3.63, 3.8) is 0 Å². The molecular formula is C10H18. The van der Waals surface area contributed by atoms with Gasteiger partial charge in [-0.05, 0) is 24.2 Å². The zero-order chi connectivity index (χ0) is 7.78. The molecule has 1 aliphatic rings. The molecule has 1 rings (SSSR count). The van der Waals surface area contributed by atoms with Crippen LogP contribution in [0.5, 0.6) is 0 Å². The van der Waals surface area contributed by atoms with Crippen LogP contribution in [0.25, 0.3) is 0 Å². The third-order valence-electron chi connectivity index (χ3n) is 2.90. The van der Waals surface area contributed by atoms with E-state index in [9.17, 15) is 0 Å². The van der Waals surface area contributed by atoms with Gasteiger partial charge in [-0.1, -0.05) is 39.3 Å². The summed E-state index contributed by atoms with van der Waals surface area (Å²) in [6.45, 7) is 11.1. The molecule has 10 heavy (non-hydrogen) atoms. The Labute approximate surface area is 64.3 Å². The normalized spacial score (nSPS) is 32.3. The van der Waals surface area contributed by atoms with Gasteiger partial charge < -0.3 is 0 Å². The van der Waals surface area contributed by atoms with Crippen molar-refractivity contribution in [3.8, 4) is 0 Å². The topological polar surface area (TPSA) is 0 Å². The van der Waals surface area contributed by atoms with Gasteiger partial charge in [-0.15, -0.1) is 0 Å². The van der Waals surface area contributed by atoms with E-state index in [2.05, 4.69) is 27.4 Å². The highest BCUT2D eigenvalue weighted by Crippen LogP contribution is 2.41. The Bertz CT molecular complexity index is 142. The third kappa shape index (κ3) is 1.25. The van der Waals surface area contributed by atoms with Crippen molar-refractivity contribution in [2.45, 2.75) is 40.0 Å². The van der Waals surface area contributed by atoms with Crippen molar-refractivity contribution in [2.75, 3.05) is 0 Å². The molecule has 1 aliphatic carbocycles. The first-order valence-electron chi connectivity index (χ1n) is 4.23. The first kappa shape index (κ1) is 7.84. The summed E-state index contributed by atoms with van der Waals surface area (Å²) in [6.07, 6.45) is 4.06. The van der Waals surface area contributed by atoms with Gasteiger partial charge in [0.25, 0.3) is 0 Å². The van der Waals surface area contributed by atoms with Crippen molar-refractivity contribution in [1.29, 1.82) is 0 Å². The van der Waals surface area contributed by atoms with Crippen LogP contribution in [0.4, 0.5) is 0 Å². The molecule has 0 spiro atoms. The van der Waals surface area contributed by atoms with E-state index in [-0.39, 0.29) is 0 Å². The Kier molecular flexibility index (Phi) is 1.89. The molecule has 1 fully saturated rings. The maximum absolute atomic E-state index is 4.15. The minimum atomic E-state index is 0.414. The van der Waals surface area contributed by atoms with Gasteiger partial charge in [0.1, 0.15) is 0 Å². The molecule has 0 bridgehead atoms. The zero-order valence-corrected chi connectivity index (χ0v) is 7.41. The minimum Gasteiger partial charge on any atom is -0.0991 e. The quantitative estimate of drug-likeness (QED) is 0.450. The van der Waals surface area contributed by atoms with E-state index in [1.54, 1.807) is 0 Å². The number of rotatable bonds is 0. The standard InChI is InChI=1S/C10H18/c1-8-6-5-7-10(3,4)9(8)2/h8H,2,5-7H2,1,3-4H3. The molecule has 0 N–H and O–H groups in total. The average molecular weight is 138 g/mol. The van der Waals surface area contributed by atoms with E-state index in [0.29, 0.717) is 5.41 Å². The molecule has 0 amide bonds. The second-order valence-electron chi connectivity index (χ2n) is 4.20. The Balaban J connectivity index is 2.70. The molecule has 0 nitrogen and oxygen atoms in total. The van der Waals surface area contributed by atoms with Crippen LogP contribution >= 0.6 is 0 Å². The lowest BCUT2D eigenvalue weighted by Crippen LogP contribution is -2.23. The van der Waals surface area contributed by atoms with Gasteiger partial charge in [0.15, 0.2) is 0 Å². The van der Waals surface area contributed by atoms with Gasteiger partial charge >= 0.3 is 0 Å². The van der Waals surface area contributed by atoms with Crippen molar-refractivity contribution in [2.24, 2.45) is 11.3 Å². The van der Waals surface area contributed by atoms with Crippen LogP contribution in [-0.2, 0) is 0 Å². The van der Waals surface area contributed by atoms with E-state index in [1.807, 2.05) is 0 Å². The molecule has 0 aromatic heterocycles. The van der Waals surface area contributed by atoms with Crippen LogP contribution in [0.1, 0.15) is 40.0 Å². The van der Waals surface area contributed by atoms with Crippen LogP contribution in [0.2, 0.25) is 0 Å². The fourth-order valence-corrected chi connectivity index (χ4v) is 1.85. The molecule has 0 heterocycles. The second-order valence-corrected chi connectivity index (χ2v) is 4.20. The second kappa shape index (κ2) is 2.41. The summed E-state index contributed by atoms with van der Waals surface area (Å²) >= 11 is 0. The van der Waals surface area contributed by atoms with Crippen molar-refractivity contribution < 1.29 is 0 Å². The van der Waals surface area contributed by atoms with Crippen molar-refractivity contribution >= 4 is 0 Å². The average Bonchev–Trinajstić information content (AvgIpc) is 1.83. The maximum Gasteiger partial charge on any atom is -0.0145 e. The lowest BCUT2D eigenvalue weighted by Gasteiger charge is -2.36. The minimum absolute atomic E-state index is 0.414. The zero-order valence-electron chi connectivity index (χ0n) is 7.41. The summed E-state index contributed by atoms with van der Waals surface area (Å²) < 4.78 is 0. The number of hydrogen-bond donors (Lipinski definition) is 0. The fourth-order valence-electron chi connectivity index (χ4n) is 1.85. The molecule has 1 atom stereocenters. The smallest absolute Gasteiger partial charge is 0.0145 e. The molecule has 0 aromatic carbocycles. The molecule has 0 radical (unpaired) electrons. The van der Waals surface area contributed by atoms with Gasteiger partial charge in [0.05, 0.1) is 0 Å². The van der Waals surface area contributed by atoms with Gasteiger partial charge in [-0.3, -0.25) is 0 Å². The lowest BCUT2D eigenvalue weighted by atomic mass is 9.69. The molecule has 58 valence electrons. The Hall–Kier alpha value is -0.260. The van der Waals surface area contributed by atoms with E-state index < -0.39 is 0 Å². The first-order chi connectivity index (χ1) is 4.54. The van der Waals surface area contributed by atoms with Gasteiger partial charge in [-0.25, -0.2) is 0 Å². The van der Waals surface area contributed by atoms with Gasteiger partial charge in [-0.2, -0.15) is 0 Å². The third-order valence-corrected chi connectivity index (χ3v) is 2.90. The van der Waals surface area contributed by atoms with Crippen molar-refractivity contribution in [3.05, 3.63) is 12.2 Å². The van der Waals surface area contributed by atoms with E-state index in [0.717, 1.165) is 5.92 Å². The van der Waals surface area contributed by atoms with Crippen LogP contribution in [0, 0.1) is 11.3 Å². The lowest BCUT2D eigenvalue weighted by molar-refractivity contribution is 0.291. The number of allylic oxidation sites excluding steroid dienone is 1. The highest BCUT2D eigenvalue weighted by atomic mass is 14.3. The fraction of sp³-hybridized carbons (Fsp3) is 0.800. The molecule has 0 aliphatic heterocycles.